The van der Waals surface area contributed by atoms with Crippen LogP contribution in [0.1, 0.15) is 52.4 Å². The van der Waals surface area contributed by atoms with E-state index in [9.17, 15) is 0 Å². The summed E-state index contributed by atoms with van der Waals surface area (Å²) < 4.78 is 31.2. The zero-order valence-corrected chi connectivity index (χ0v) is 19.5. The second kappa shape index (κ2) is 33.3. The summed E-state index contributed by atoms with van der Waals surface area (Å²) in [6, 6.07) is 0. The lowest BCUT2D eigenvalue weighted by molar-refractivity contribution is -0.0151. The molecule has 0 aliphatic rings. The lowest BCUT2D eigenvalue weighted by Gasteiger charge is -2.07. The third-order valence-corrected chi connectivity index (χ3v) is 3.74. The number of hydrogen-bond acceptors (Lipinski definition) is 8. The number of ether oxygens (including phenoxy) is 6. The van der Waals surface area contributed by atoms with Gasteiger partial charge < -0.3 is 38.6 Å². The smallest absolute Gasteiger partial charge is 0.0701 e. The second-order valence-electron chi connectivity index (χ2n) is 6.54. The molecular formula is C22H48O8. The third kappa shape index (κ3) is 35.1. The number of aliphatic hydroxyl groups excluding tert-OH is 2. The summed E-state index contributed by atoms with van der Waals surface area (Å²) in [5.41, 5.74) is 0. The summed E-state index contributed by atoms with van der Waals surface area (Å²) in [7, 11) is 0. The molecule has 0 aromatic heterocycles. The molecule has 8 nitrogen and oxygen atoms in total. The lowest BCUT2D eigenvalue weighted by atomic mass is 10.2. The van der Waals surface area contributed by atoms with Gasteiger partial charge in [0.2, 0.25) is 0 Å². The molecule has 0 bridgehead atoms. The maximum absolute atomic E-state index is 8.45. The van der Waals surface area contributed by atoms with Crippen molar-refractivity contribution >= 4 is 0 Å². The van der Waals surface area contributed by atoms with Crippen molar-refractivity contribution < 1.29 is 38.6 Å². The Hall–Kier alpha value is -0.320. The van der Waals surface area contributed by atoms with Crippen LogP contribution in [0.5, 0.6) is 0 Å². The zero-order valence-electron chi connectivity index (χ0n) is 19.5. The normalized spacial score (nSPS) is 10.8. The number of unbranched alkanes of at least 4 members (excludes halogenated alkanes) is 4. The minimum atomic E-state index is 0.0359. The maximum atomic E-state index is 8.45. The highest BCUT2D eigenvalue weighted by Crippen LogP contribution is 1.99. The van der Waals surface area contributed by atoms with Crippen LogP contribution in [-0.4, -0.2) is 103 Å². The van der Waals surface area contributed by atoms with Crippen LogP contribution in [-0.2, 0) is 28.4 Å². The Labute approximate surface area is 184 Å². The molecule has 0 radical (unpaired) electrons. The zero-order chi connectivity index (χ0) is 22.4. The quantitative estimate of drug-likeness (QED) is 0.221. The first-order valence-corrected chi connectivity index (χ1v) is 11.5. The average molecular weight is 441 g/mol. The fourth-order valence-corrected chi connectivity index (χ4v) is 2.09. The fourth-order valence-electron chi connectivity index (χ4n) is 2.09. The largest absolute Gasteiger partial charge is 0.394 e. The number of rotatable bonds is 24. The van der Waals surface area contributed by atoms with E-state index in [1.54, 1.807) is 0 Å². The molecule has 0 unspecified atom stereocenters. The molecule has 0 fully saturated rings. The third-order valence-electron chi connectivity index (χ3n) is 3.74. The molecule has 0 heterocycles. The highest BCUT2D eigenvalue weighted by atomic mass is 16.6. The molecule has 8 heteroatoms. The molecule has 0 aliphatic carbocycles. The molecule has 30 heavy (non-hydrogen) atoms. The van der Waals surface area contributed by atoms with Gasteiger partial charge >= 0.3 is 0 Å². The van der Waals surface area contributed by atoms with Crippen molar-refractivity contribution in [3.05, 3.63) is 0 Å². The van der Waals surface area contributed by atoms with Crippen LogP contribution in [0.4, 0.5) is 0 Å². The summed E-state index contributed by atoms with van der Waals surface area (Å²) in [4.78, 5) is 0. The Balaban J connectivity index is 0. The van der Waals surface area contributed by atoms with Crippen molar-refractivity contribution in [2.45, 2.75) is 52.4 Å². The predicted octanol–water partition coefficient (Wildman–Crippen LogP) is 2.44. The van der Waals surface area contributed by atoms with Gasteiger partial charge in [-0.05, 0) is 12.8 Å². The molecule has 0 saturated carbocycles. The van der Waals surface area contributed by atoms with Crippen LogP contribution in [0.15, 0.2) is 0 Å². The molecule has 0 aromatic carbocycles. The molecule has 0 spiro atoms. The van der Waals surface area contributed by atoms with Gasteiger partial charge in [-0.1, -0.05) is 39.5 Å². The highest BCUT2D eigenvalue weighted by molar-refractivity contribution is 4.40. The van der Waals surface area contributed by atoms with E-state index in [0.717, 1.165) is 13.2 Å². The van der Waals surface area contributed by atoms with E-state index in [1.165, 1.54) is 38.5 Å². The summed E-state index contributed by atoms with van der Waals surface area (Å²) in [5, 5.41) is 16.9. The first kappa shape index (κ1) is 31.9. The van der Waals surface area contributed by atoms with Crippen LogP contribution in [0.2, 0.25) is 0 Å². The van der Waals surface area contributed by atoms with Crippen LogP contribution < -0.4 is 0 Å². The molecule has 0 rings (SSSR count). The summed E-state index contributed by atoms with van der Waals surface area (Å²) in [6.07, 6.45) is 7.72. The monoisotopic (exact) mass is 440 g/mol. The van der Waals surface area contributed by atoms with Crippen molar-refractivity contribution in [2.75, 3.05) is 92.5 Å². The molecule has 0 aromatic rings. The predicted molar refractivity (Wildman–Crippen MR) is 118 cm³/mol. The molecule has 0 amide bonds. The Morgan fingerprint density at radius 3 is 1.07 bits per heavy atom. The average Bonchev–Trinajstić information content (AvgIpc) is 2.76. The maximum Gasteiger partial charge on any atom is 0.0701 e. The van der Waals surface area contributed by atoms with Crippen LogP contribution in [0, 0.1) is 0 Å². The Kier molecular flexibility index (Phi) is 35.4. The first-order valence-electron chi connectivity index (χ1n) is 11.5. The van der Waals surface area contributed by atoms with Gasteiger partial charge in [0, 0.05) is 13.2 Å². The molecule has 0 saturated heterocycles. The fraction of sp³-hybridized carbons (Fsp3) is 1.00. The van der Waals surface area contributed by atoms with E-state index in [0.29, 0.717) is 66.1 Å². The van der Waals surface area contributed by atoms with Gasteiger partial charge in [0.25, 0.3) is 0 Å². The van der Waals surface area contributed by atoms with Crippen molar-refractivity contribution in [1.29, 1.82) is 0 Å². The van der Waals surface area contributed by atoms with E-state index in [2.05, 4.69) is 13.8 Å². The van der Waals surface area contributed by atoms with E-state index in [4.69, 9.17) is 38.6 Å². The van der Waals surface area contributed by atoms with E-state index < -0.39 is 0 Å². The van der Waals surface area contributed by atoms with Gasteiger partial charge in [-0.25, -0.2) is 0 Å². The molecule has 0 aliphatic heterocycles. The number of aliphatic hydroxyl groups is 2. The molecule has 184 valence electrons. The van der Waals surface area contributed by atoms with Crippen molar-refractivity contribution in [3.63, 3.8) is 0 Å². The van der Waals surface area contributed by atoms with Crippen molar-refractivity contribution in [3.8, 4) is 0 Å². The van der Waals surface area contributed by atoms with Gasteiger partial charge in [0.05, 0.1) is 79.3 Å². The lowest BCUT2D eigenvalue weighted by Crippen LogP contribution is -2.14. The Bertz CT molecular complexity index is 246. The Morgan fingerprint density at radius 1 is 0.367 bits per heavy atom. The second-order valence-corrected chi connectivity index (χ2v) is 6.54. The minimum absolute atomic E-state index is 0.0359. The van der Waals surface area contributed by atoms with Crippen molar-refractivity contribution in [1.82, 2.24) is 0 Å². The van der Waals surface area contributed by atoms with Crippen LogP contribution in [0.3, 0.4) is 0 Å². The van der Waals surface area contributed by atoms with Gasteiger partial charge in [0.15, 0.2) is 0 Å². The minimum Gasteiger partial charge on any atom is -0.394 e. The topological polar surface area (TPSA) is 95.8 Å². The summed E-state index contributed by atoms with van der Waals surface area (Å²) >= 11 is 0. The summed E-state index contributed by atoms with van der Waals surface area (Å²) in [6.45, 7) is 11.2. The summed E-state index contributed by atoms with van der Waals surface area (Å²) in [5.74, 6) is 0. The standard InChI is InChI=1S/C12H26O7.C10H22O/c13-1-3-15-5-7-17-9-11-19-12-10-18-8-6-16-4-2-14;1-3-5-7-8-10-11-9-6-4-2/h13-14H,1-12H2;3-10H2,1-2H3. The molecule has 0 atom stereocenters. The van der Waals surface area contributed by atoms with Gasteiger partial charge in [-0.3, -0.25) is 0 Å². The first-order chi connectivity index (χ1) is 14.8. The van der Waals surface area contributed by atoms with Crippen molar-refractivity contribution in [2.24, 2.45) is 0 Å². The SMILES string of the molecule is CCCCCCOCCCC.OCCOCCOCCOCCOCCOCCO. The van der Waals surface area contributed by atoms with Gasteiger partial charge in [0.1, 0.15) is 0 Å². The van der Waals surface area contributed by atoms with Crippen LogP contribution in [0.25, 0.3) is 0 Å². The van der Waals surface area contributed by atoms with Gasteiger partial charge in [-0.2, -0.15) is 0 Å². The molecule has 2 N–H and O–H groups in total. The van der Waals surface area contributed by atoms with E-state index >= 15 is 0 Å². The highest BCUT2D eigenvalue weighted by Gasteiger charge is 1.93. The van der Waals surface area contributed by atoms with Crippen LogP contribution >= 0.6 is 0 Å². The van der Waals surface area contributed by atoms with E-state index in [-0.39, 0.29) is 13.2 Å². The van der Waals surface area contributed by atoms with E-state index in [1.807, 2.05) is 0 Å². The molecular weight excluding hydrogens is 392 g/mol. The Morgan fingerprint density at radius 2 is 0.700 bits per heavy atom. The number of hydrogen-bond donors (Lipinski definition) is 2. The van der Waals surface area contributed by atoms with Gasteiger partial charge in [-0.15, -0.1) is 0 Å².